The molecular formula is C67H64Br3FN14O3. The predicted molar refractivity (Wildman–Crippen MR) is 340 cm³/mol. The van der Waals surface area contributed by atoms with E-state index in [9.17, 15) is 18.8 Å². The van der Waals surface area contributed by atoms with Crippen LogP contribution in [0.15, 0.2) is 166 Å². The van der Waals surface area contributed by atoms with Gasteiger partial charge in [-0.05, 0) is 234 Å². The van der Waals surface area contributed by atoms with Crippen LogP contribution in [0.2, 0.25) is 0 Å². The molecule has 12 heterocycles. The van der Waals surface area contributed by atoms with E-state index in [1.807, 2.05) is 98.0 Å². The first kappa shape index (κ1) is 59.2. The first-order valence-corrected chi connectivity index (χ1v) is 32.5. The van der Waals surface area contributed by atoms with Crippen molar-refractivity contribution in [3.63, 3.8) is 0 Å². The summed E-state index contributed by atoms with van der Waals surface area (Å²) in [4.78, 5) is 72.3. The van der Waals surface area contributed by atoms with Crippen LogP contribution < -0.4 is 0 Å². The van der Waals surface area contributed by atoms with Crippen LogP contribution in [-0.2, 0) is 19.3 Å². The molecule has 6 aliphatic heterocycles. The molecule has 6 aromatic heterocycles. The number of pyridine rings is 3. The Hall–Kier alpha value is -7.75. The average molecular weight is 1370 g/mol. The highest BCUT2D eigenvalue weighted by Gasteiger charge is 2.51. The molecule has 0 spiro atoms. The van der Waals surface area contributed by atoms with Gasteiger partial charge in [-0.15, -0.1) is 4.80 Å². The molecule has 88 heavy (non-hydrogen) atoms. The summed E-state index contributed by atoms with van der Waals surface area (Å²) in [5, 5.41) is 16.6. The summed E-state index contributed by atoms with van der Waals surface area (Å²) in [5.41, 5.74) is 8.67. The molecule has 6 saturated heterocycles. The fraction of sp³-hybridized carbons (Fsp3) is 0.343. The molecule has 9 unspecified atom stereocenters. The molecule has 3 aromatic carbocycles. The van der Waals surface area contributed by atoms with Crippen LogP contribution in [-0.4, -0.2) is 124 Å². The Bertz CT molecular complexity index is 3790. The van der Waals surface area contributed by atoms with E-state index in [1.54, 1.807) is 47.8 Å². The van der Waals surface area contributed by atoms with E-state index in [4.69, 9.17) is 0 Å². The molecule has 0 N–H and O–H groups in total. The first-order valence-electron chi connectivity index (χ1n) is 30.1. The minimum Gasteiger partial charge on any atom is -0.332 e. The molecule has 0 aliphatic carbocycles. The summed E-state index contributed by atoms with van der Waals surface area (Å²) in [7, 11) is 0. The van der Waals surface area contributed by atoms with Gasteiger partial charge in [0.1, 0.15) is 11.4 Å². The van der Waals surface area contributed by atoms with Crippen LogP contribution in [0.4, 0.5) is 4.39 Å². The van der Waals surface area contributed by atoms with Gasteiger partial charge in [-0.2, -0.15) is 25.2 Å². The predicted octanol–water partition coefficient (Wildman–Crippen LogP) is 12.6. The van der Waals surface area contributed by atoms with Crippen molar-refractivity contribution in [2.75, 3.05) is 0 Å². The SMILES string of the molecule is Cc1cccc(C(=O)N2C3CCC2C(Cc2ccc(Br)cn2)C3)c1-c1ncccn1.Cc1cccc(C(=O)N2C3CCC2C(Cc2ccc(Br)cn2)C3)c1-n1nccn1.O=C(c1cccc(F)c1-n1nccn1)N1C2CCC1C(Cc1ccc(Br)cn1)C2. The van der Waals surface area contributed by atoms with Crippen molar-refractivity contribution in [2.45, 2.75) is 127 Å². The van der Waals surface area contributed by atoms with Crippen LogP contribution in [0.25, 0.3) is 22.8 Å². The zero-order valence-electron chi connectivity index (χ0n) is 48.6. The second-order valence-corrected chi connectivity index (χ2v) is 26.6. The Morgan fingerprint density at radius 2 is 0.830 bits per heavy atom. The summed E-state index contributed by atoms with van der Waals surface area (Å²) >= 11 is 10.3. The van der Waals surface area contributed by atoms with Crippen LogP contribution in [0, 0.1) is 37.4 Å². The maximum atomic E-state index is 14.6. The maximum Gasteiger partial charge on any atom is 0.256 e. The Balaban J connectivity index is 0.000000122. The topological polar surface area (TPSA) is 187 Å². The third-order valence-electron chi connectivity index (χ3n) is 18.7. The van der Waals surface area contributed by atoms with Crippen molar-refractivity contribution in [2.24, 2.45) is 17.8 Å². The number of hydrogen-bond acceptors (Lipinski definition) is 12. The van der Waals surface area contributed by atoms with Crippen molar-refractivity contribution in [3.8, 4) is 22.8 Å². The van der Waals surface area contributed by atoms with E-state index in [0.29, 0.717) is 52.4 Å². The Morgan fingerprint density at radius 1 is 0.443 bits per heavy atom. The highest BCUT2D eigenvalue weighted by molar-refractivity contribution is 9.11. The lowest BCUT2D eigenvalue weighted by atomic mass is 9.86. The van der Waals surface area contributed by atoms with Gasteiger partial charge in [-0.1, -0.05) is 30.3 Å². The third-order valence-corrected chi connectivity index (χ3v) is 20.1. The molecule has 3 amide bonds. The molecule has 6 bridgehead atoms. The van der Waals surface area contributed by atoms with E-state index in [-0.39, 0.29) is 47.6 Å². The highest BCUT2D eigenvalue weighted by atomic mass is 79.9. The zero-order valence-corrected chi connectivity index (χ0v) is 53.4. The number of rotatable bonds is 12. The van der Waals surface area contributed by atoms with Crippen molar-refractivity contribution in [3.05, 3.63) is 217 Å². The highest BCUT2D eigenvalue weighted by Crippen LogP contribution is 2.47. The molecule has 21 heteroatoms. The van der Waals surface area contributed by atoms with Crippen LogP contribution in [0.5, 0.6) is 0 Å². The number of aryl methyl sites for hydroxylation is 2. The van der Waals surface area contributed by atoms with Gasteiger partial charge in [0.2, 0.25) is 0 Å². The molecule has 0 radical (unpaired) electrons. The average Bonchev–Trinajstić information content (AvgIpc) is 1.95. The van der Waals surface area contributed by atoms with Crippen LogP contribution in [0.3, 0.4) is 0 Å². The molecule has 9 aromatic rings. The van der Waals surface area contributed by atoms with Crippen LogP contribution >= 0.6 is 47.8 Å². The number of aromatic nitrogens is 11. The largest absolute Gasteiger partial charge is 0.332 e. The number of carbonyl (C=O) groups is 3. The van der Waals surface area contributed by atoms with Crippen molar-refractivity contribution < 1.29 is 18.8 Å². The lowest BCUT2D eigenvalue weighted by Gasteiger charge is -2.25. The van der Waals surface area contributed by atoms with Crippen molar-refractivity contribution >= 4 is 65.5 Å². The summed E-state index contributed by atoms with van der Waals surface area (Å²) in [6, 6.07) is 31.8. The number of nitrogens with zero attached hydrogens (tertiary/aromatic N) is 14. The van der Waals surface area contributed by atoms with E-state index in [2.05, 4.69) is 115 Å². The van der Waals surface area contributed by atoms with Gasteiger partial charge in [0, 0.05) is 103 Å². The van der Waals surface area contributed by atoms with E-state index in [0.717, 1.165) is 130 Å². The van der Waals surface area contributed by atoms with Gasteiger partial charge < -0.3 is 14.7 Å². The Kier molecular flexibility index (Phi) is 17.3. The molecule has 448 valence electrons. The van der Waals surface area contributed by atoms with Gasteiger partial charge >= 0.3 is 0 Å². The second kappa shape index (κ2) is 25.8. The smallest absolute Gasteiger partial charge is 0.256 e. The van der Waals surface area contributed by atoms with E-state index >= 15 is 0 Å². The second-order valence-electron chi connectivity index (χ2n) is 23.8. The Morgan fingerprint density at radius 3 is 1.26 bits per heavy atom. The van der Waals surface area contributed by atoms with Gasteiger partial charge in [0.05, 0.1) is 41.5 Å². The Labute approximate surface area is 535 Å². The molecule has 0 saturated carbocycles. The number of halogens is 4. The molecule has 15 rings (SSSR count). The minimum absolute atomic E-state index is 0.0970. The van der Waals surface area contributed by atoms with Crippen LogP contribution in [0.1, 0.15) is 117 Å². The number of para-hydroxylation sites is 2. The lowest BCUT2D eigenvalue weighted by Crippen LogP contribution is -2.37. The van der Waals surface area contributed by atoms with Gasteiger partial charge in [-0.3, -0.25) is 29.3 Å². The monoisotopic (exact) mass is 1370 g/mol. The van der Waals surface area contributed by atoms with Gasteiger partial charge in [-0.25, -0.2) is 14.4 Å². The first-order chi connectivity index (χ1) is 42.8. The number of carbonyl (C=O) groups excluding carboxylic acids is 3. The lowest BCUT2D eigenvalue weighted by molar-refractivity contribution is 0.0710. The quantitative estimate of drug-likeness (QED) is 0.113. The summed E-state index contributed by atoms with van der Waals surface area (Å²) in [6.07, 6.45) is 27.2. The molecule has 9 atom stereocenters. The fourth-order valence-corrected chi connectivity index (χ4v) is 15.7. The fourth-order valence-electron chi connectivity index (χ4n) is 15.0. The molecule has 6 aliphatic rings. The third kappa shape index (κ3) is 12.0. The van der Waals surface area contributed by atoms with E-state index < -0.39 is 5.82 Å². The minimum atomic E-state index is -0.505. The maximum absolute atomic E-state index is 14.6. The van der Waals surface area contributed by atoms with Crippen molar-refractivity contribution in [1.29, 1.82) is 0 Å². The summed E-state index contributed by atoms with van der Waals surface area (Å²) in [5.74, 6) is 1.46. The number of amides is 3. The molecule has 17 nitrogen and oxygen atoms in total. The molecular weight excluding hydrogens is 1310 g/mol. The van der Waals surface area contributed by atoms with Gasteiger partial charge in [0.15, 0.2) is 11.6 Å². The van der Waals surface area contributed by atoms with Crippen molar-refractivity contribution in [1.82, 2.24) is 69.6 Å². The summed E-state index contributed by atoms with van der Waals surface area (Å²) < 4.78 is 17.5. The van der Waals surface area contributed by atoms with Gasteiger partial charge in [0.25, 0.3) is 17.7 Å². The molecule has 6 fully saturated rings. The number of hydrogen-bond donors (Lipinski definition) is 0. The normalized spacial score (nSPS) is 22.8. The summed E-state index contributed by atoms with van der Waals surface area (Å²) in [6.45, 7) is 4.01. The van der Waals surface area contributed by atoms with E-state index in [1.165, 1.54) is 23.3 Å². The zero-order chi connectivity index (χ0) is 60.6. The standard InChI is InChI=1S/C24H23BrN4O.C22H22BrN5O.C21H19BrFN5O/c1-15-4-2-5-20(22(15)23-26-10-3-11-27-23)24(30)29-19-8-9-21(29)16(13-19)12-18-7-6-17(25)14-28-18;1-14-3-2-4-19(21(14)28-25-9-10-26-28)22(29)27-18-7-8-20(27)15(12-18)11-17-6-5-16(23)13-24-17;22-14-4-5-15(24-12-14)10-13-11-16-6-7-19(13)27(16)21(29)17-2-1-3-18(23)20(17)28-25-8-9-26-28/h2-7,10-11,14,16,19,21H,8-9,12-13H2,1H3;2-6,9-10,13,15,18,20H,7-8,11-12H2,1H3;1-5,8-9,12-13,16,19H,6-7,10-11H2. The number of fused-ring (bicyclic) bond motifs is 6. The number of benzene rings is 3.